The van der Waals surface area contributed by atoms with Crippen LogP contribution in [-0.4, -0.2) is 38.9 Å². The summed E-state index contributed by atoms with van der Waals surface area (Å²) in [6.07, 6.45) is 4.15. The minimum atomic E-state index is -0.291. The molecule has 0 fully saturated rings. The fourth-order valence-electron chi connectivity index (χ4n) is 2.83. The summed E-state index contributed by atoms with van der Waals surface area (Å²) in [6.45, 7) is 11.1. The lowest BCUT2D eigenvalue weighted by atomic mass is 9.92. The van der Waals surface area contributed by atoms with Crippen molar-refractivity contribution in [1.82, 2.24) is 19.7 Å². The Bertz CT molecular complexity index is 1030. The van der Waals surface area contributed by atoms with Gasteiger partial charge in [-0.05, 0) is 37.6 Å². The zero-order chi connectivity index (χ0) is 22.4. The maximum absolute atomic E-state index is 13.0. The zero-order valence-corrected chi connectivity index (χ0v) is 18.7. The van der Waals surface area contributed by atoms with E-state index in [-0.39, 0.29) is 11.3 Å². The Hall–Kier alpha value is -3.42. The molecule has 0 bridgehead atoms. The van der Waals surface area contributed by atoms with Crippen molar-refractivity contribution >= 4 is 11.7 Å². The van der Waals surface area contributed by atoms with Crippen LogP contribution >= 0.6 is 0 Å². The van der Waals surface area contributed by atoms with Crippen molar-refractivity contribution in [3.8, 4) is 17.4 Å². The van der Waals surface area contributed by atoms with Crippen LogP contribution in [0.4, 0.5) is 5.82 Å². The van der Waals surface area contributed by atoms with E-state index in [4.69, 9.17) is 9.47 Å². The van der Waals surface area contributed by atoms with Gasteiger partial charge in [0, 0.05) is 29.4 Å². The Labute approximate surface area is 182 Å². The summed E-state index contributed by atoms with van der Waals surface area (Å²) >= 11 is 0. The second-order valence-corrected chi connectivity index (χ2v) is 8.02. The number of benzene rings is 1. The first kappa shape index (κ1) is 22.3. The van der Waals surface area contributed by atoms with E-state index in [9.17, 15) is 4.79 Å². The predicted molar refractivity (Wildman–Crippen MR) is 119 cm³/mol. The highest BCUT2D eigenvalue weighted by atomic mass is 16.5. The van der Waals surface area contributed by atoms with E-state index in [0.29, 0.717) is 42.0 Å². The maximum Gasteiger partial charge on any atom is 0.256 e. The molecule has 0 spiro atoms. The molecule has 0 radical (unpaired) electrons. The van der Waals surface area contributed by atoms with E-state index in [1.54, 1.807) is 41.3 Å². The largest absolute Gasteiger partial charge is 0.490 e. The molecule has 1 N–H and O–H groups in total. The van der Waals surface area contributed by atoms with E-state index in [2.05, 4.69) is 41.2 Å². The molecule has 8 heteroatoms. The number of aromatic nitrogens is 4. The third-order valence-electron chi connectivity index (χ3n) is 4.43. The van der Waals surface area contributed by atoms with Gasteiger partial charge in [-0.2, -0.15) is 9.78 Å². The lowest BCUT2D eigenvalue weighted by Gasteiger charge is -2.13. The van der Waals surface area contributed by atoms with Gasteiger partial charge in [0.15, 0.2) is 11.5 Å². The van der Waals surface area contributed by atoms with Crippen LogP contribution in [0.3, 0.4) is 0 Å². The molecular formula is C23H29N5O3. The monoisotopic (exact) mass is 423 g/mol. The maximum atomic E-state index is 13.0. The number of amides is 1. The number of hydrogen-bond donors (Lipinski definition) is 1. The Balaban J connectivity index is 1.92. The van der Waals surface area contributed by atoms with Crippen LogP contribution in [0.15, 0.2) is 42.7 Å². The molecule has 164 valence electrons. The van der Waals surface area contributed by atoms with Gasteiger partial charge >= 0.3 is 0 Å². The highest BCUT2D eigenvalue weighted by Gasteiger charge is 2.23. The Morgan fingerprint density at radius 3 is 2.45 bits per heavy atom. The fraction of sp³-hybridized carbons (Fsp3) is 0.391. The van der Waals surface area contributed by atoms with Crippen LogP contribution in [0.2, 0.25) is 0 Å². The number of nitrogens with one attached hydrogen (secondary N) is 1. The minimum absolute atomic E-state index is 0.208. The molecule has 31 heavy (non-hydrogen) atoms. The number of carbonyl (C=O) groups is 1. The van der Waals surface area contributed by atoms with E-state index in [1.165, 1.54) is 0 Å². The van der Waals surface area contributed by atoms with Crippen LogP contribution in [0, 0.1) is 0 Å². The number of anilines is 1. The number of carbonyl (C=O) groups excluding carboxylic acids is 1. The highest BCUT2D eigenvalue weighted by Crippen LogP contribution is 2.30. The van der Waals surface area contributed by atoms with Gasteiger partial charge in [0.05, 0.1) is 18.9 Å². The van der Waals surface area contributed by atoms with Gasteiger partial charge < -0.3 is 14.8 Å². The van der Waals surface area contributed by atoms with Crippen molar-refractivity contribution in [3.63, 3.8) is 0 Å². The summed E-state index contributed by atoms with van der Waals surface area (Å²) < 4.78 is 12.9. The zero-order valence-electron chi connectivity index (χ0n) is 18.7. The van der Waals surface area contributed by atoms with E-state index >= 15 is 0 Å². The van der Waals surface area contributed by atoms with Crippen molar-refractivity contribution in [2.75, 3.05) is 18.5 Å². The number of hydrogen-bond acceptors (Lipinski definition) is 6. The summed E-state index contributed by atoms with van der Waals surface area (Å²) in [7, 11) is 0. The summed E-state index contributed by atoms with van der Waals surface area (Å²) in [6, 6.07) is 8.74. The molecule has 0 aliphatic heterocycles. The first-order chi connectivity index (χ1) is 14.8. The highest BCUT2D eigenvalue weighted by molar-refractivity contribution is 6.04. The molecule has 0 aliphatic rings. The number of rotatable bonds is 8. The minimum Gasteiger partial charge on any atom is -0.490 e. The van der Waals surface area contributed by atoms with Gasteiger partial charge in [-0.15, -0.1) is 0 Å². The van der Waals surface area contributed by atoms with Crippen LogP contribution in [0.5, 0.6) is 11.5 Å². The standard InChI is InChI=1S/C23H29N5O3/c1-6-13-31-17-10-9-16(14-18(17)30-7-2)21(29)26-20-15-19(23(3,4)5)27-28(20)22-24-11-8-12-25-22/h8-12,14-15H,6-7,13H2,1-5H3,(H,26,29). The van der Waals surface area contributed by atoms with Crippen molar-refractivity contribution < 1.29 is 14.3 Å². The Morgan fingerprint density at radius 2 is 1.81 bits per heavy atom. The Morgan fingerprint density at radius 1 is 1.06 bits per heavy atom. The van der Waals surface area contributed by atoms with Crippen molar-refractivity contribution in [2.24, 2.45) is 0 Å². The topological polar surface area (TPSA) is 91.2 Å². The van der Waals surface area contributed by atoms with Crippen LogP contribution in [-0.2, 0) is 5.41 Å². The van der Waals surface area contributed by atoms with Gasteiger partial charge in [0.25, 0.3) is 11.9 Å². The van der Waals surface area contributed by atoms with Crippen LogP contribution in [0.25, 0.3) is 5.95 Å². The fourth-order valence-corrected chi connectivity index (χ4v) is 2.83. The third kappa shape index (κ3) is 5.39. The second-order valence-electron chi connectivity index (χ2n) is 8.02. The molecule has 3 aromatic rings. The average Bonchev–Trinajstić information content (AvgIpc) is 3.18. The smallest absolute Gasteiger partial charge is 0.256 e. The normalized spacial score (nSPS) is 11.3. The molecule has 0 saturated heterocycles. The first-order valence-electron chi connectivity index (χ1n) is 10.4. The van der Waals surface area contributed by atoms with Gasteiger partial charge in [0.2, 0.25) is 0 Å². The van der Waals surface area contributed by atoms with Crippen LogP contribution in [0.1, 0.15) is 57.1 Å². The lowest BCUT2D eigenvalue weighted by Crippen LogP contribution is -2.16. The molecular weight excluding hydrogens is 394 g/mol. The quantitative estimate of drug-likeness (QED) is 0.577. The molecule has 0 saturated carbocycles. The molecule has 1 aromatic carbocycles. The SMILES string of the molecule is CCCOc1ccc(C(=O)Nc2cc(C(C)(C)C)nn2-c2ncccn2)cc1OCC. The van der Waals surface area contributed by atoms with Gasteiger partial charge in [-0.1, -0.05) is 27.7 Å². The molecule has 2 heterocycles. The summed E-state index contributed by atoms with van der Waals surface area (Å²) in [4.78, 5) is 21.6. The van der Waals surface area contributed by atoms with E-state index in [0.717, 1.165) is 12.1 Å². The molecule has 3 rings (SSSR count). The predicted octanol–water partition coefficient (Wildman–Crippen LogP) is 4.40. The van der Waals surface area contributed by atoms with Crippen molar-refractivity contribution in [1.29, 1.82) is 0 Å². The molecule has 0 unspecified atom stereocenters. The van der Waals surface area contributed by atoms with E-state index < -0.39 is 0 Å². The summed E-state index contributed by atoms with van der Waals surface area (Å²) in [5, 5.41) is 7.56. The van der Waals surface area contributed by atoms with Crippen LogP contribution < -0.4 is 14.8 Å². The number of nitrogens with zero attached hydrogens (tertiary/aromatic N) is 4. The molecule has 8 nitrogen and oxygen atoms in total. The lowest BCUT2D eigenvalue weighted by molar-refractivity contribution is 0.102. The van der Waals surface area contributed by atoms with Gasteiger partial charge in [0.1, 0.15) is 5.82 Å². The van der Waals surface area contributed by atoms with Gasteiger partial charge in [-0.3, -0.25) is 4.79 Å². The van der Waals surface area contributed by atoms with Crippen molar-refractivity contribution in [3.05, 3.63) is 54.0 Å². The third-order valence-corrected chi connectivity index (χ3v) is 4.43. The molecule has 0 aliphatic carbocycles. The summed E-state index contributed by atoms with van der Waals surface area (Å²) in [5.41, 5.74) is 1.06. The first-order valence-corrected chi connectivity index (χ1v) is 10.4. The summed E-state index contributed by atoms with van der Waals surface area (Å²) in [5.74, 6) is 1.74. The molecule has 0 atom stereocenters. The van der Waals surface area contributed by atoms with Gasteiger partial charge in [-0.25, -0.2) is 9.97 Å². The van der Waals surface area contributed by atoms with E-state index in [1.807, 2.05) is 19.9 Å². The Kier molecular flexibility index (Phi) is 6.89. The molecule has 1 amide bonds. The second kappa shape index (κ2) is 9.59. The molecule has 2 aromatic heterocycles. The number of ether oxygens (including phenoxy) is 2. The van der Waals surface area contributed by atoms with Crippen molar-refractivity contribution in [2.45, 2.75) is 46.5 Å². The average molecular weight is 424 g/mol.